The van der Waals surface area contributed by atoms with Gasteiger partial charge < -0.3 is 9.88 Å². The lowest BCUT2D eigenvalue weighted by Gasteiger charge is -2.24. The van der Waals surface area contributed by atoms with E-state index in [4.69, 9.17) is 16.6 Å². The molecule has 2 aromatic carbocycles. The van der Waals surface area contributed by atoms with E-state index >= 15 is 0 Å². The number of hydrogen-bond donors (Lipinski definition) is 1. The monoisotopic (exact) mass is 438 g/mol. The zero-order valence-corrected chi connectivity index (χ0v) is 17.8. The van der Waals surface area contributed by atoms with Gasteiger partial charge in [-0.05, 0) is 55.5 Å². The highest BCUT2D eigenvalue weighted by molar-refractivity contribution is 7.98. The molecule has 0 spiro atoms. The van der Waals surface area contributed by atoms with Crippen LogP contribution in [0, 0.1) is 0 Å². The van der Waals surface area contributed by atoms with Crippen LogP contribution in [0.1, 0.15) is 35.1 Å². The average molecular weight is 439 g/mol. The molecule has 3 heterocycles. The van der Waals surface area contributed by atoms with Crippen molar-refractivity contribution in [3.63, 3.8) is 0 Å². The number of benzene rings is 2. The summed E-state index contributed by atoms with van der Waals surface area (Å²) in [5.41, 5.74) is 2.98. The highest BCUT2D eigenvalue weighted by Crippen LogP contribution is 2.34. The van der Waals surface area contributed by atoms with Crippen molar-refractivity contribution in [1.29, 1.82) is 0 Å². The van der Waals surface area contributed by atoms with E-state index < -0.39 is 0 Å². The molecule has 0 saturated carbocycles. The van der Waals surface area contributed by atoms with Gasteiger partial charge in [0, 0.05) is 16.5 Å². The van der Waals surface area contributed by atoms with Crippen LogP contribution in [-0.2, 0) is 0 Å². The molecular weight excluding hydrogens is 420 g/mol. The molecule has 0 radical (unpaired) electrons. The highest BCUT2D eigenvalue weighted by Gasteiger charge is 2.34. The van der Waals surface area contributed by atoms with Gasteiger partial charge in [0.05, 0.1) is 40.7 Å². The number of nitrogens with one attached hydrogen (secondary N) is 1. The third-order valence-corrected chi connectivity index (χ3v) is 6.32. The van der Waals surface area contributed by atoms with Crippen molar-refractivity contribution in [3.8, 4) is 5.69 Å². The SMILES string of the molecule is CSc1ccc2nc(C3CCCN3C(=O)c3cc(Cl)ccc3-n3nccn3)[nH]c2c1. The molecule has 7 nitrogen and oxygen atoms in total. The van der Waals surface area contributed by atoms with Crippen molar-refractivity contribution in [2.45, 2.75) is 23.8 Å². The molecule has 5 rings (SSSR count). The summed E-state index contributed by atoms with van der Waals surface area (Å²) >= 11 is 7.91. The van der Waals surface area contributed by atoms with Gasteiger partial charge in [0.2, 0.25) is 0 Å². The Morgan fingerprint density at radius 2 is 2.03 bits per heavy atom. The average Bonchev–Trinajstić information content (AvgIpc) is 3.52. The molecule has 1 atom stereocenters. The number of hydrogen-bond acceptors (Lipinski definition) is 5. The number of rotatable bonds is 4. The van der Waals surface area contributed by atoms with Gasteiger partial charge in [0.1, 0.15) is 5.82 Å². The van der Waals surface area contributed by atoms with Crippen molar-refractivity contribution in [3.05, 3.63) is 65.2 Å². The first-order valence-electron chi connectivity index (χ1n) is 9.65. The minimum atomic E-state index is -0.111. The number of aromatic amines is 1. The number of aromatic nitrogens is 5. The van der Waals surface area contributed by atoms with Crippen LogP contribution in [0.4, 0.5) is 0 Å². The number of imidazole rings is 1. The Morgan fingerprint density at radius 1 is 1.20 bits per heavy atom. The Hall–Kier alpha value is -2.84. The zero-order valence-electron chi connectivity index (χ0n) is 16.2. The Morgan fingerprint density at radius 3 is 2.83 bits per heavy atom. The smallest absolute Gasteiger partial charge is 0.256 e. The Kier molecular flexibility index (Phi) is 4.96. The second-order valence-corrected chi connectivity index (χ2v) is 8.46. The summed E-state index contributed by atoms with van der Waals surface area (Å²) in [5, 5.41) is 8.86. The van der Waals surface area contributed by atoms with Crippen molar-refractivity contribution < 1.29 is 4.79 Å². The van der Waals surface area contributed by atoms with Crippen LogP contribution in [0.3, 0.4) is 0 Å². The molecule has 2 aromatic heterocycles. The van der Waals surface area contributed by atoms with E-state index in [9.17, 15) is 4.79 Å². The van der Waals surface area contributed by atoms with E-state index in [1.54, 1.807) is 42.4 Å². The lowest BCUT2D eigenvalue weighted by Crippen LogP contribution is -2.32. The minimum Gasteiger partial charge on any atom is -0.340 e. The molecule has 0 aliphatic carbocycles. The van der Waals surface area contributed by atoms with Crippen molar-refractivity contribution in [1.82, 2.24) is 29.9 Å². The largest absolute Gasteiger partial charge is 0.340 e. The van der Waals surface area contributed by atoms with Crippen LogP contribution in [0.5, 0.6) is 0 Å². The predicted molar refractivity (Wildman–Crippen MR) is 117 cm³/mol. The number of amides is 1. The highest BCUT2D eigenvalue weighted by atomic mass is 35.5. The van der Waals surface area contributed by atoms with E-state index in [-0.39, 0.29) is 11.9 Å². The Bertz CT molecular complexity index is 1220. The quantitative estimate of drug-likeness (QED) is 0.474. The third-order valence-electron chi connectivity index (χ3n) is 5.36. The van der Waals surface area contributed by atoms with Crippen LogP contribution in [-0.4, -0.2) is 48.6 Å². The first kappa shape index (κ1) is 19.1. The van der Waals surface area contributed by atoms with Crippen LogP contribution in [0.15, 0.2) is 53.7 Å². The fraction of sp³-hybridized carbons (Fsp3) is 0.238. The topological polar surface area (TPSA) is 79.7 Å². The number of thioether (sulfide) groups is 1. The van der Waals surface area contributed by atoms with Crippen molar-refractivity contribution in [2.24, 2.45) is 0 Å². The fourth-order valence-electron chi connectivity index (χ4n) is 3.94. The summed E-state index contributed by atoms with van der Waals surface area (Å²) in [6.07, 6.45) is 6.99. The van der Waals surface area contributed by atoms with Crippen molar-refractivity contribution >= 4 is 40.3 Å². The maximum Gasteiger partial charge on any atom is 0.256 e. The van der Waals surface area contributed by atoms with Gasteiger partial charge in [-0.2, -0.15) is 15.0 Å². The molecule has 1 aliphatic heterocycles. The molecule has 1 N–H and O–H groups in total. The van der Waals surface area contributed by atoms with E-state index in [1.807, 2.05) is 17.2 Å². The number of carbonyl (C=O) groups excluding carboxylic acids is 1. The lowest BCUT2D eigenvalue weighted by atomic mass is 10.1. The summed E-state index contributed by atoms with van der Waals surface area (Å²) in [5.74, 6) is 0.715. The van der Waals surface area contributed by atoms with Gasteiger partial charge in [0.25, 0.3) is 5.91 Å². The van der Waals surface area contributed by atoms with Gasteiger partial charge in [0.15, 0.2) is 0 Å². The fourth-order valence-corrected chi connectivity index (χ4v) is 4.55. The summed E-state index contributed by atoms with van der Waals surface area (Å²) in [6.45, 7) is 0.662. The maximum absolute atomic E-state index is 13.6. The van der Waals surface area contributed by atoms with Gasteiger partial charge in [-0.1, -0.05) is 11.6 Å². The van der Waals surface area contributed by atoms with Crippen LogP contribution in [0.25, 0.3) is 16.7 Å². The Balaban J connectivity index is 1.51. The molecule has 1 amide bonds. The number of fused-ring (bicyclic) bond motifs is 1. The molecule has 152 valence electrons. The third kappa shape index (κ3) is 3.36. The minimum absolute atomic E-state index is 0.0995. The molecule has 4 aromatic rings. The van der Waals surface area contributed by atoms with Gasteiger partial charge in [-0.25, -0.2) is 4.98 Å². The van der Waals surface area contributed by atoms with E-state index in [0.29, 0.717) is 22.8 Å². The molecule has 30 heavy (non-hydrogen) atoms. The number of carbonyl (C=O) groups is 1. The standard InChI is InChI=1S/C21H19ClN6OS/c1-30-14-5-6-16-17(12-14)26-20(25-16)19-3-2-10-27(19)21(29)15-11-13(22)4-7-18(15)28-23-8-9-24-28/h4-9,11-12,19H,2-3,10H2,1H3,(H,25,26). The molecule has 1 fully saturated rings. The van der Waals surface area contributed by atoms with Gasteiger partial charge in [-0.3, -0.25) is 4.79 Å². The first-order valence-corrected chi connectivity index (χ1v) is 11.2. The molecule has 1 unspecified atom stereocenters. The zero-order chi connectivity index (χ0) is 20.7. The van der Waals surface area contributed by atoms with Crippen molar-refractivity contribution in [2.75, 3.05) is 12.8 Å². The van der Waals surface area contributed by atoms with Crippen LogP contribution < -0.4 is 0 Å². The number of nitrogens with zero attached hydrogens (tertiary/aromatic N) is 5. The molecule has 1 saturated heterocycles. The number of H-pyrrole nitrogens is 1. The van der Waals surface area contributed by atoms with Crippen LogP contribution >= 0.6 is 23.4 Å². The second kappa shape index (κ2) is 7.77. The molecular formula is C21H19ClN6OS. The van der Waals surface area contributed by atoms with E-state index in [2.05, 4.69) is 27.3 Å². The van der Waals surface area contributed by atoms with E-state index in [1.165, 1.54) is 9.69 Å². The van der Waals surface area contributed by atoms with Crippen LogP contribution in [0.2, 0.25) is 5.02 Å². The van der Waals surface area contributed by atoms with Gasteiger partial charge >= 0.3 is 0 Å². The number of likely N-dealkylation sites (tertiary alicyclic amines) is 1. The van der Waals surface area contributed by atoms with Gasteiger partial charge in [-0.15, -0.1) is 11.8 Å². The summed E-state index contributed by atoms with van der Waals surface area (Å²) < 4.78 is 0. The normalized spacial score (nSPS) is 16.5. The maximum atomic E-state index is 13.6. The number of halogens is 1. The summed E-state index contributed by atoms with van der Waals surface area (Å²) in [7, 11) is 0. The first-order chi connectivity index (χ1) is 14.6. The summed E-state index contributed by atoms with van der Waals surface area (Å²) in [6, 6.07) is 11.2. The Labute approximate surface area is 182 Å². The van der Waals surface area contributed by atoms with E-state index in [0.717, 1.165) is 29.7 Å². The predicted octanol–water partition coefficient (Wildman–Crippen LogP) is 4.50. The summed E-state index contributed by atoms with van der Waals surface area (Å²) in [4.78, 5) is 26.3. The molecule has 0 bridgehead atoms. The second-order valence-electron chi connectivity index (χ2n) is 7.14. The lowest BCUT2D eigenvalue weighted by molar-refractivity contribution is 0.0730. The molecule has 1 aliphatic rings. The molecule has 9 heteroatoms.